The molecule has 0 aliphatic heterocycles. The van der Waals surface area contributed by atoms with Crippen molar-refractivity contribution in [3.8, 4) is 67.3 Å². The van der Waals surface area contributed by atoms with Crippen LogP contribution >= 0.6 is 0 Å². The van der Waals surface area contributed by atoms with Crippen LogP contribution in [-0.2, 0) is 0 Å². The van der Waals surface area contributed by atoms with Crippen LogP contribution < -0.4 is 0 Å². The third kappa shape index (κ3) is 5.65. The van der Waals surface area contributed by atoms with Gasteiger partial charge in [-0.05, 0) is 63.0 Å². The molecule has 3 nitrogen and oxygen atoms in total. The molecule has 0 saturated carbocycles. The Balaban J connectivity index is 0.996. The third-order valence-electron chi connectivity index (χ3n) is 10.1. The number of furan rings is 1. The quantitative estimate of drug-likeness (QED) is 0.176. The van der Waals surface area contributed by atoms with Crippen LogP contribution in [0.1, 0.15) is 0 Å². The molecule has 0 spiro atoms. The Labute approximate surface area is 307 Å². The molecule has 0 saturated heterocycles. The van der Waals surface area contributed by atoms with E-state index in [4.69, 9.17) is 14.4 Å². The van der Waals surface area contributed by atoms with E-state index in [2.05, 4.69) is 152 Å². The standard InChI is InChI=1S/C50H32N2O/c1-4-12-33(13-5-1)40-28-29-42-45-31-44(41-18-10-11-19-43(41)49(45)53-48(42)30-40)36-24-20-34(21-25-36)35-22-26-38(27-23-35)47-32-46(37-14-6-2-7-15-37)51-50(52-47)39-16-8-3-9-17-39/h1-32H. The van der Waals surface area contributed by atoms with E-state index < -0.39 is 0 Å². The summed E-state index contributed by atoms with van der Waals surface area (Å²) in [7, 11) is 0. The monoisotopic (exact) mass is 676 g/mol. The Bertz CT molecular complexity index is 2840. The average Bonchev–Trinajstić information content (AvgIpc) is 3.62. The zero-order valence-electron chi connectivity index (χ0n) is 28.8. The van der Waals surface area contributed by atoms with E-state index in [0.29, 0.717) is 5.82 Å². The fourth-order valence-corrected chi connectivity index (χ4v) is 7.39. The first kappa shape index (κ1) is 30.7. The number of benzene rings is 8. The normalized spacial score (nSPS) is 11.4. The minimum Gasteiger partial charge on any atom is -0.455 e. The van der Waals surface area contributed by atoms with E-state index in [0.717, 1.165) is 72.1 Å². The first-order chi connectivity index (χ1) is 26.2. The van der Waals surface area contributed by atoms with E-state index in [9.17, 15) is 0 Å². The fourth-order valence-electron chi connectivity index (χ4n) is 7.39. The average molecular weight is 677 g/mol. The predicted octanol–water partition coefficient (Wildman–Crippen LogP) is 13.5. The van der Waals surface area contributed by atoms with Gasteiger partial charge in [0.15, 0.2) is 5.82 Å². The maximum Gasteiger partial charge on any atom is 0.160 e. The zero-order chi connectivity index (χ0) is 35.1. The molecular weight excluding hydrogens is 645 g/mol. The Hall–Kier alpha value is -7.10. The summed E-state index contributed by atoms with van der Waals surface area (Å²) >= 11 is 0. The second-order valence-electron chi connectivity index (χ2n) is 13.4. The van der Waals surface area contributed by atoms with E-state index in [1.807, 2.05) is 42.5 Å². The van der Waals surface area contributed by atoms with Crippen molar-refractivity contribution >= 4 is 32.7 Å². The first-order valence-corrected chi connectivity index (χ1v) is 17.9. The van der Waals surface area contributed by atoms with Crippen LogP contribution in [0.3, 0.4) is 0 Å². The van der Waals surface area contributed by atoms with E-state index >= 15 is 0 Å². The van der Waals surface area contributed by atoms with Crippen LogP contribution in [0.5, 0.6) is 0 Å². The van der Waals surface area contributed by atoms with E-state index in [1.54, 1.807) is 0 Å². The minimum atomic E-state index is 0.715. The number of rotatable bonds is 6. The summed E-state index contributed by atoms with van der Waals surface area (Å²) in [5, 5.41) is 4.55. The van der Waals surface area contributed by atoms with Gasteiger partial charge in [-0.25, -0.2) is 9.97 Å². The number of nitrogens with zero attached hydrogens (tertiary/aromatic N) is 2. The van der Waals surface area contributed by atoms with Crippen molar-refractivity contribution in [2.45, 2.75) is 0 Å². The van der Waals surface area contributed by atoms with Crippen LogP contribution in [0.4, 0.5) is 0 Å². The second-order valence-corrected chi connectivity index (χ2v) is 13.4. The summed E-state index contributed by atoms with van der Waals surface area (Å²) in [6.07, 6.45) is 0. The topological polar surface area (TPSA) is 38.9 Å². The van der Waals surface area contributed by atoms with Crippen LogP contribution in [0, 0.1) is 0 Å². The number of hydrogen-bond donors (Lipinski definition) is 0. The molecule has 8 aromatic carbocycles. The Kier molecular flexibility index (Phi) is 7.47. The Morgan fingerprint density at radius 3 is 1.42 bits per heavy atom. The largest absolute Gasteiger partial charge is 0.455 e. The molecule has 10 rings (SSSR count). The maximum absolute atomic E-state index is 6.59. The summed E-state index contributed by atoms with van der Waals surface area (Å²) in [4.78, 5) is 9.95. The molecule has 248 valence electrons. The second kappa shape index (κ2) is 12.9. The first-order valence-electron chi connectivity index (χ1n) is 17.9. The van der Waals surface area contributed by atoms with Crippen molar-refractivity contribution in [2.24, 2.45) is 0 Å². The van der Waals surface area contributed by atoms with Gasteiger partial charge in [-0.2, -0.15) is 0 Å². The van der Waals surface area contributed by atoms with Crippen molar-refractivity contribution in [1.82, 2.24) is 9.97 Å². The molecule has 3 heteroatoms. The molecule has 2 heterocycles. The molecule has 0 unspecified atom stereocenters. The van der Waals surface area contributed by atoms with Gasteiger partial charge in [0.2, 0.25) is 0 Å². The van der Waals surface area contributed by atoms with Gasteiger partial charge in [0.1, 0.15) is 11.2 Å². The predicted molar refractivity (Wildman–Crippen MR) is 219 cm³/mol. The number of aromatic nitrogens is 2. The van der Waals surface area contributed by atoms with Gasteiger partial charge in [-0.15, -0.1) is 0 Å². The van der Waals surface area contributed by atoms with Crippen molar-refractivity contribution in [3.63, 3.8) is 0 Å². The van der Waals surface area contributed by atoms with Crippen LogP contribution in [-0.4, -0.2) is 9.97 Å². The van der Waals surface area contributed by atoms with Gasteiger partial charge in [-0.1, -0.05) is 170 Å². The van der Waals surface area contributed by atoms with Crippen molar-refractivity contribution in [1.29, 1.82) is 0 Å². The van der Waals surface area contributed by atoms with Gasteiger partial charge in [0.25, 0.3) is 0 Å². The summed E-state index contributed by atoms with van der Waals surface area (Å²) in [5.74, 6) is 0.715. The SMILES string of the molecule is c1ccc(-c2ccc3c(c2)oc2c4ccccc4c(-c4ccc(-c5ccc(-c6cc(-c7ccccc7)nc(-c7ccccc7)n6)cc5)cc4)cc32)cc1. The lowest BCUT2D eigenvalue weighted by Gasteiger charge is -2.11. The fraction of sp³-hybridized carbons (Fsp3) is 0. The molecule has 0 atom stereocenters. The van der Waals surface area contributed by atoms with Gasteiger partial charge >= 0.3 is 0 Å². The smallest absolute Gasteiger partial charge is 0.160 e. The van der Waals surface area contributed by atoms with E-state index in [1.165, 1.54) is 22.1 Å². The lowest BCUT2D eigenvalue weighted by molar-refractivity contribution is 0.673. The lowest BCUT2D eigenvalue weighted by Crippen LogP contribution is -1.95. The van der Waals surface area contributed by atoms with Gasteiger partial charge < -0.3 is 4.42 Å². The molecule has 0 amide bonds. The van der Waals surface area contributed by atoms with Gasteiger partial charge in [-0.3, -0.25) is 0 Å². The molecule has 0 aliphatic carbocycles. The minimum absolute atomic E-state index is 0.715. The number of fused-ring (bicyclic) bond motifs is 5. The molecule has 53 heavy (non-hydrogen) atoms. The van der Waals surface area contributed by atoms with Gasteiger partial charge in [0, 0.05) is 32.8 Å². The summed E-state index contributed by atoms with van der Waals surface area (Å²) < 4.78 is 6.59. The molecule has 0 radical (unpaired) electrons. The molecule has 0 fully saturated rings. The van der Waals surface area contributed by atoms with Crippen LogP contribution in [0.2, 0.25) is 0 Å². The third-order valence-corrected chi connectivity index (χ3v) is 10.1. The van der Waals surface area contributed by atoms with E-state index in [-0.39, 0.29) is 0 Å². The number of hydrogen-bond acceptors (Lipinski definition) is 3. The molecule has 0 aliphatic rings. The van der Waals surface area contributed by atoms with Crippen molar-refractivity contribution < 1.29 is 4.42 Å². The Morgan fingerprint density at radius 1 is 0.302 bits per heavy atom. The molecular formula is C50H32N2O. The highest BCUT2D eigenvalue weighted by Crippen LogP contribution is 2.41. The summed E-state index contributed by atoms with van der Waals surface area (Å²) in [6, 6.07) is 68.0. The molecule has 0 N–H and O–H groups in total. The van der Waals surface area contributed by atoms with Crippen molar-refractivity contribution in [2.75, 3.05) is 0 Å². The Morgan fingerprint density at radius 2 is 0.774 bits per heavy atom. The molecule has 2 aromatic heterocycles. The summed E-state index contributed by atoms with van der Waals surface area (Å²) in [5.41, 5.74) is 13.7. The van der Waals surface area contributed by atoms with Crippen LogP contribution in [0.25, 0.3) is 100.0 Å². The highest BCUT2D eigenvalue weighted by atomic mass is 16.3. The molecule has 0 bridgehead atoms. The summed E-state index contributed by atoms with van der Waals surface area (Å²) in [6.45, 7) is 0. The maximum atomic E-state index is 6.59. The zero-order valence-corrected chi connectivity index (χ0v) is 28.8. The van der Waals surface area contributed by atoms with Crippen LogP contribution in [0.15, 0.2) is 199 Å². The highest BCUT2D eigenvalue weighted by Gasteiger charge is 2.16. The van der Waals surface area contributed by atoms with Crippen molar-refractivity contribution in [3.05, 3.63) is 194 Å². The van der Waals surface area contributed by atoms with Gasteiger partial charge in [0.05, 0.1) is 11.4 Å². The lowest BCUT2D eigenvalue weighted by atomic mass is 9.93. The molecule has 10 aromatic rings. The highest BCUT2D eigenvalue weighted by molar-refractivity contribution is 6.19.